The summed E-state index contributed by atoms with van der Waals surface area (Å²) in [5, 5.41) is 69.2. The standard InChI is InChI=1S/C18H14N2O12/c21-12-3-8(10(19(28)29)6-14(12)23)1-2-17(25)32-16(18(26)27)5-9-4-13(22)15(24)7-11(9)20(30)31/h1-4,6-7,16,21-24H,5H2,(H,26,27)/b2-1+/t16-/m1/s1. The van der Waals surface area contributed by atoms with Crippen molar-refractivity contribution < 1.29 is 49.7 Å². The molecule has 0 aliphatic rings. The summed E-state index contributed by atoms with van der Waals surface area (Å²) in [5.74, 6) is -6.06. The van der Waals surface area contributed by atoms with Gasteiger partial charge in [0.25, 0.3) is 11.4 Å². The number of ether oxygens (including phenoxy) is 1. The van der Waals surface area contributed by atoms with Gasteiger partial charge in [-0.25, -0.2) is 9.59 Å². The Hall–Kier alpha value is -4.88. The monoisotopic (exact) mass is 450 g/mol. The third-order valence-corrected chi connectivity index (χ3v) is 4.03. The fraction of sp³-hybridized carbons (Fsp3) is 0.111. The Bertz CT molecular complexity index is 1140. The topological polar surface area (TPSA) is 231 Å². The molecule has 0 saturated heterocycles. The molecule has 0 heterocycles. The van der Waals surface area contributed by atoms with E-state index in [1.54, 1.807) is 0 Å². The molecule has 0 bridgehead atoms. The van der Waals surface area contributed by atoms with Crippen LogP contribution >= 0.6 is 0 Å². The van der Waals surface area contributed by atoms with Gasteiger partial charge in [0.15, 0.2) is 23.0 Å². The average Bonchev–Trinajstić information content (AvgIpc) is 2.69. The molecule has 0 aliphatic carbocycles. The highest BCUT2D eigenvalue weighted by atomic mass is 16.6. The van der Waals surface area contributed by atoms with Crippen LogP contribution in [0.5, 0.6) is 23.0 Å². The van der Waals surface area contributed by atoms with E-state index in [4.69, 9.17) is 4.74 Å². The quantitative estimate of drug-likeness (QED) is 0.127. The second-order valence-electron chi connectivity index (χ2n) is 6.18. The number of esters is 1. The highest BCUT2D eigenvalue weighted by molar-refractivity contribution is 5.90. The predicted molar refractivity (Wildman–Crippen MR) is 103 cm³/mol. The van der Waals surface area contributed by atoms with E-state index in [1.807, 2.05) is 0 Å². The van der Waals surface area contributed by atoms with E-state index in [2.05, 4.69) is 0 Å². The Morgan fingerprint density at radius 3 is 1.94 bits per heavy atom. The molecule has 0 unspecified atom stereocenters. The zero-order valence-electron chi connectivity index (χ0n) is 15.7. The first-order valence-corrected chi connectivity index (χ1v) is 8.41. The first-order chi connectivity index (χ1) is 14.9. The average molecular weight is 450 g/mol. The molecule has 2 aromatic rings. The van der Waals surface area contributed by atoms with Gasteiger partial charge in [-0.3, -0.25) is 20.2 Å². The lowest BCUT2D eigenvalue weighted by molar-refractivity contribution is -0.385. The number of aliphatic carboxylic acids is 1. The van der Waals surface area contributed by atoms with Crippen molar-refractivity contribution in [1.82, 2.24) is 0 Å². The normalized spacial score (nSPS) is 11.8. The number of aromatic hydroxyl groups is 4. The maximum absolute atomic E-state index is 12.0. The van der Waals surface area contributed by atoms with E-state index in [1.165, 1.54) is 0 Å². The summed E-state index contributed by atoms with van der Waals surface area (Å²) in [6.07, 6.45) is -1.28. The van der Waals surface area contributed by atoms with E-state index < -0.39 is 68.7 Å². The number of nitro groups is 2. The molecule has 14 nitrogen and oxygen atoms in total. The zero-order valence-corrected chi connectivity index (χ0v) is 15.7. The van der Waals surface area contributed by atoms with Gasteiger partial charge in [0.05, 0.1) is 27.5 Å². The molecule has 0 aromatic heterocycles. The molecule has 0 saturated carbocycles. The Morgan fingerprint density at radius 1 is 0.906 bits per heavy atom. The summed E-state index contributed by atoms with van der Waals surface area (Å²) >= 11 is 0. The van der Waals surface area contributed by atoms with Crippen LogP contribution in [-0.2, 0) is 20.7 Å². The van der Waals surface area contributed by atoms with E-state index in [0.717, 1.165) is 18.2 Å². The lowest BCUT2D eigenvalue weighted by atomic mass is 10.0. The molecule has 5 N–H and O–H groups in total. The molecule has 0 aliphatic heterocycles. The number of benzene rings is 2. The Balaban J connectivity index is 2.27. The van der Waals surface area contributed by atoms with Crippen LogP contribution in [0.3, 0.4) is 0 Å². The third kappa shape index (κ3) is 5.38. The van der Waals surface area contributed by atoms with Gasteiger partial charge in [-0.1, -0.05) is 0 Å². The molecular weight excluding hydrogens is 436 g/mol. The van der Waals surface area contributed by atoms with Crippen molar-refractivity contribution in [3.8, 4) is 23.0 Å². The van der Waals surface area contributed by atoms with Gasteiger partial charge in [-0.15, -0.1) is 0 Å². The third-order valence-electron chi connectivity index (χ3n) is 4.03. The smallest absolute Gasteiger partial charge is 0.345 e. The van der Waals surface area contributed by atoms with Crippen LogP contribution in [0.4, 0.5) is 11.4 Å². The SMILES string of the molecule is O=C(/C=C/c1cc(O)c(O)cc1[N+](=O)[O-])O[C@H](Cc1cc(O)c(O)cc1[N+](=O)[O-])C(=O)O. The summed E-state index contributed by atoms with van der Waals surface area (Å²) in [4.78, 5) is 43.8. The molecule has 14 heteroatoms. The van der Waals surface area contributed by atoms with Crippen molar-refractivity contribution in [1.29, 1.82) is 0 Å². The van der Waals surface area contributed by atoms with Gasteiger partial charge >= 0.3 is 11.9 Å². The fourth-order valence-electron chi connectivity index (χ4n) is 2.53. The van der Waals surface area contributed by atoms with Crippen LogP contribution in [-0.4, -0.2) is 53.4 Å². The highest BCUT2D eigenvalue weighted by Gasteiger charge is 2.27. The minimum Gasteiger partial charge on any atom is -0.504 e. The minimum absolute atomic E-state index is 0.312. The number of hydrogen-bond donors (Lipinski definition) is 5. The van der Waals surface area contributed by atoms with Crippen LogP contribution in [0.15, 0.2) is 30.3 Å². The molecule has 2 rings (SSSR count). The second-order valence-corrected chi connectivity index (χ2v) is 6.18. The number of carbonyl (C=O) groups is 2. The molecule has 1 atom stereocenters. The Morgan fingerprint density at radius 2 is 1.41 bits per heavy atom. The van der Waals surface area contributed by atoms with Gasteiger partial charge in [0, 0.05) is 18.1 Å². The summed E-state index contributed by atoms with van der Waals surface area (Å²) in [6, 6.07) is 2.77. The number of nitrogens with zero attached hydrogens (tertiary/aromatic N) is 2. The van der Waals surface area contributed by atoms with Crippen LogP contribution in [0.25, 0.3) is 6.08 Å². The van der Waals surface area contributed by atoms with E-state index >= 15 is 0 Å². The molecule has 32 heavy (non-hydrogen) atoms. The van der Waals surface area contributed by atoms with E-state index in [0.29, 0.717) is 18.2 Å². The maximum Gasteiger partial charge on any atom is 0.345 e. The lowest BCUT2D eigenvalue weighted by Crippen LogP contribution is -2.28. The van der Waals surface area contributed by atoms with Crippen LogP contribution < -0.4 is 0 Å². The highest BCUT2D eigenvalue weighted by Crippen LogP contribution is 2.34. The molecule has 0 amide bonds. The molecule has 0 spiro atoms. The number of hydrogen-bond acceptors (Lipinski definition) is 11. The molecule has 168 valence electrons. The van der Waals surface area contributed by atoms with Gasteiger partial charge in [-0.2, -0.15) is 0 Å². The van der Waals surface area contributed by atoms with E-state index in [-0.39, 0.29) is 11.1 Å². The van der Waals surface area contributed by atoms with Crippen molar-refractivity contribution in [2.24, 2.45) is 0 Å². The minimum atomic E-state index is -1.96. The first kappa shape index (κ1) is 23.4. The largest absolute Gasteiger partial charge is 0.504 e. The van der Waals surface area contributed by atoms with Crippen molar-refractivity contribution >= 4 is 29.4 Å². The van der Waals surface area contributed by atoms with Gasteiger partial charge < -0.3 is 30.3 Å². The molecular formula is C18H14N2O12. The summed E-state index contributed by atoms with van der Waals surface area (Å²) < 4.78 is 4.72. The van der Waals surface area contributed by atoms with Crippen LogP contribution in [0.2, 0.25) is 0 Å². The molecule has 0 fully saturated rings. The van der Waals surface area contributed by atoms with E-state index in [9.17, 15) is 55.4 Å². The number of rotatable bonds is 8. The van der Waals surface area contributed by atoms with Crippen LogP contribution in [0, 0.1) is 20.2 Å². The second kappa shape index (κ2) is 9.29. The van der Waals surface area contributed by atoms with Gasteiger partial charge in [0.1, 0.15) is 0 Å². The van der Waals surface area contributed by atoms with Crippen molar-refractivity contribution in [2.75, 3.05) is 0 Å². The molecule has 2 aromatic carbocycles. The summed E-state index contributed by atoms with van der Waals surface area (Å²) in [6.45, 7) is 0. The maximum atomic E-state index is 12.0. The number of nitro benzene ring substituents is 2. The number of carboxylic acids is 1. The fourth-order valence-corrected chi connectivity index (χ4v) is 2.53. The van der Waals surface area contributed by atoms with Crippen molar-refractivity contribution in [2.45, 2.75) is 12.5 Å². The lowest BCUT2D eigenvalue weighted by Gasteiger charge is -2.13. The summed E-state index contributed by atoms with van der Waals surface area (Å²) in [5.41, 5.74) is -2.07. The van der Waals surface area contributed by atoms with Crippen molar-refractivity contribution in [3.63, 3.8) is 0 Å². The summed E-state index contributed by atoms with van der Waals surface area (Å²) in [7, 11) is 0. The van der Waals surface area contributed by atoms with Crippen molar-refractivity contribution in [3.05, 3.63) is 61.7 Å². The van der Waals surface area contributed by atoms with Gasteiger partial charge in [-0.05, 0) is 18.2 Å². The van der Waals surface area contributed by atoms with Gasteiger partial charge in [0.2, 0.25) is 6.10 Å². The number of phenolic OH excluding ortho intramolecular Hbond substituents is 4. The number of carboxylic acid groups (broad SMARTS) is 1. The zero-order chi connectivity index (χ0) is 24.2. The Kier molecular flexibility index (Phi) is 6.79. The predicted octanol–water partition coefficient (Wildman–Crippen LogP) is 1.58. The number of carbonyl (C=O) groups excluding carboxylic acids is 1. The Labute approximate surface area is 177 Å². The first-order valence-electron chi connectivity index (χ1n) is 8.41. The van der Waals surface area contributed by atoms with Crippen LogP contribution in [0.1, 0.15) is 11.1 Å². The molecule has 0 radical (unpaired) electrons. The number of phenols is 4.